The lowest BCUT2D eigenvalue weighted by atomic mass is 10.0. The fraction of sp³-hybridized carbons (Fsp3) is 0.278. The van der Waals surface area contributed by atoms with Crippen LogP contribution in [0.25, 0.3) is 11.7 Å². The minimum Gasteiger partial charge on any atom is -0.459 e. The molecule has 1 N–H and O–H groups in total. The first-order valence-electron chi connectivity index (χ1n) is 8.21. The van der Waals surface area contributed by atoms with Crippen molar-refractivity contribution in [2.75, 3.05) is 13.1 Å². The molecule has 0 radical (unpaired) electrons. The number of amides is 1. The second-order valence-electron chi connectivity index (χ2n) is 5.93. The number of carbonyl (C=O) groups is 1. The van der Waals surface area contributed by atoms with Gasteiger partial charge in [-0.15, -0.1) is 10.2 Å². The van der Waals surface area contributed by atoms with Crippen molar-refractivity contribution in [2.24, 2.45) is 0 Å². The standard InChI is InChI=1S/C18H18N4O3/c23-16-11-14(13-5-2-1-3-6-13)22(9-8-19-16)12-17-20-21-18(25-17)15-7-4-10-24-15/h1-7,10,14H,8-9,11-12H2,(H,19,23)/t14-/m1/s1. The van der Waals surface area contributed by atoms with Crippen molar-refractivity contribution in [1.29, 1.82) is 0 Å². The normalized spacial score (nSPS) is 18.7. The van der Waals surface area contributed by atoms with Gasteiger partial charge in [-0.05, 0) is 17.7 Å². The van der Waals surface area contributed by atoms with Gasteiger partial charge in [-0.25, -0.2) is 0 Å². The molecule has 1 aliphatic heterocycles. The summed E-state index contributed by atoms with van der Waals surface area (Å²) in [7, 11) is 0. The van der Waals surface area contributed by atoms with E-state index < -0.39 is 0 Å². The maximum atomic E-state index is 12.0. The molecular formula is C18H18N4O3. The van der Waals surface area contributed by atoms with E-state index >= 15 is 0 Å². The molecule has 0 spiro atoms. The van der Waals surface area contributed by atoms with E-state index in [1.54, 1.807) is 18.4 Å². The zero-order chi connectivity index (χ0) is 17.1. The lowest BCUT2D eigenvalue weighted by Crippen LogP contribution is -2.30. The first-order chi connectivity index (χ1) is 12.3. The lowest BCUT2D eigenvalue weighted by molar-refractivity contribution is -0.121. The van der Waals surface area contributed by atoms with E-state index in [-0.39, 0.29) is 11.9 Å². The van der Waals surface area contributed by atoms with Crippen LogP contribution < -0.4 is 5.32 Å². The Hall–Kier alpha value is -2.93. The van der Waals surface area contributed by atoms with Crippen molar-refractivity contribution < 1.29 is 13.6 Å². The third-order valence-electron chi connectivity index (χ3n) is 4.26. The molecule has 7 heteroatoms. The minimum absolute atomic E-state index is 0.0253. The summed E-state index contributed by atoms with van der Waals surface area (Å²) >= 11 is 0. The van der Waals surface area contributed by atoms with Crippen molar-refractivity contribution >= 4 is 5.91 Å². The van der Waals surface area contributed by atoms with Crippen LogP contribution in [0.3, 0.4) is 0 Å². The Kier molecular flexibility index (Phi) is 4.30. The highest BCUT2D eigenvalue weighted by molar-refractivity contribution is 5.77. The maximum Gasteiger partial charge on any atom is 0.283 e. The van der Waals surface area contributed by atoms with Gasteiger partial charge in [-0.3, -0.25) is 9.69 Å². The van der Waals surface area contributed by atoms with Crippen molar-refractivity contribution in [2.45, 2.75) is 19.0 Å². The lowest BCUT2D eigenvalue weighted by Gasteiger charge is -2.27. The molecule has 2 aromatic heterocycles. The van der Waals surface area contributed by atoms with Gasteiger partial charge < -0.3 is 14.2 Å². The van der Waals surface area contributed by atoms with Gasteiger partial charge in [-0.1, -0.05) is 30.3 Å². The average Bonchev–Trinajstić information content (AvgIpc) is 3.28. The van der Waals surface area contributed by atoms with Crippen LogP contribution in [-0.4, -0.2) is 34.1 Å². The van der Waals surface area contributed by atoms with Gasteiger partial charge in [0, 0.05) is 25.6 Å². The molecule has 7 nitrogen and oxygen atoms in total. The van der Waals surface area contributed by atoms with E-state index in [0.29, 0.717) is 43.6 Å². The fourth-order valence-electron chi connectivity index (χ4n) is 3.06. The predicted molar refractivity (Wildman–Crippen MR) is 89.2 cm³/mol. The number of benzene rings is 1. The van der Waals surface area contributed by atoms with Crippen LogP contribution in [0.4, 0.5) is 0 Å². The topological polar surface area (TPSA) is 84.4 Å². The molecule has 4 rings (SSSR count). The largest absolute Gasteiger partial charge is 0.459 e. The zero-order valence-electron chi connectivity index (χ0n) is 13.6. The molecule has 0 aliphatic carbocycles. The Morgan fingerprint density at radius 2 is 2.04 bits per heavy atom. The molecule has 0 saturated carbocycles. The smallest absolute Gasteiger partial charge is 0.283 e. The highest BCUT2D eigenvalue weighted by Crippen LogP contribution is 2.27. The number of nitrogens with one attached hydrogen (secondary N) is 1. The first-order valence-corrected chi connectivity index (χ1v) is 8.21. The molecule has 1 aromatic carbocycles. The third kappa shape index (κ3) is 3.46. The fourth-order valence-corrected chi connectivity index (χ4v) is 3.06. The number of aromatic nitrogens is 2. The number of carbonyl (C=O) groups excluding carboxylic acids is 1. The Labute approximate surface area is 144 Å². The number of furan rings is 1. The molecule has 1 atom stereocenters. The number of rotatable bonds is 4. The van der Waals surface area contributed by atoms with E-state index in [1.165, 1.54) is 0 Å². The van der Waals surface area contributed by atoms with Gasteiger partial charge in [0.1, 0.15) is 0 Å². The number of nitrogens with zero attached hydrogens (tertiary/aromatic N) is 3. The summed E-state index contributed by atoms with van der Waals surface area (Å²) in [5.74, 6) is 1.46. The number of hydrogen-bond donors (Lipinski definition) is 1. The maximum absolute atomic E-state index is 12.0. The van der Waals surface area contributed by atoms with Gasteiger partial charge >= 0.3 is 0 Å². The van der Waals surface area contributed by atoms with E-state index in [1.807, 2.05) is 30.3 Å². The summed E-state index contributed by atoms with van der Waals surface area (Å²) in [5, 5.41) is 11.1. The molecule has 0 unspecified atom stereocenters. The molecule has 1 saturated heterocycles. The summed E-state index contributed by atoms with van der Waals surface area (Å²) in [6.45, 7) is 1.79. The van der Waals surface area contributed by atoms with Gasteiger partial charge in [0.2, 0.25) is 11.8 Å². The highest BCUT2D eigenvalue weighted by atomic mass is 16.4. The molecule has 1 aliphatic rings. The first kappa shape index (κ1) is 15.6. The molecule has 3 heterocycles. The van der Waals surface area contributed by atoms with Crippen molar-refractivity contribution in [3.8, 4) is 11.7 Å². The van der Waals surface area contributed by atoms with Crippen molar-refractivity contribution in [3.63, 3.8) is 0 Å². The van der Waals surface area contributed by atoms with Gasteiger partial charge in [0.05, 0.1) is 12.8 Å². The minimum atomic E-state index is -0.0253. The van der Waals surface area contributed by atoms with Gasteiger partial charge in [0.25, 0.3) is 5.89 Å². The van der Waals surface area contributed by atoms with Crippen LogP contribution in [0, 0.1) is 0 Å². The van der Waals surface area contributed by atoms with E-state index in [0.717, 1.165) is 5.56 Å². The molecule has 128 valence electrons. The molecule has 25 heavy (non-hydrogen) atoms. The summed E-state index contributed by atoms with van der Waals surface area (Å²) in [6.07, 6.45) is 1.97. The second-order valence-corrected chi connectivity index (χ2v) is 5.93. The molecule has 1 amide bonds. The quantitative estimate of drug-likeness (QED) is 0.786. The summed E-state index contributed by atoms with van der Waals surface area (Å²) in [4.78, 5) is 14.2. The average molecular weight is 338 g/mol. The van der Waals surface area contributed by atoms with Gasteiger partial charge in [0.15, 0.2) is 5.76 Å². The summed E-state index contributed by atoms with van der Waals surface area (Å²) < 4.78 is 11.0. The van der Waals surface area contributed by atoms with Gasteiger partial charge in [-0.2, -0.15) is 0 Å². The van der Waals surface area contributed by atoms with Crippen LogP contribution in [0.5, 0.6) is 0 Å². The van der Waals surface area contributed by atoms with Crippen LogP contribution in [0.1, 0.15) is 23.9 Å². The van der Waals surface area contributed by atoms with E-state index in [4.69, 9.17) is 8.83 Å². The summed E-state index contributed by atoms with van der Waals surface area (Å²) in [5.41, 5.74) is 1.10. The second kappa shape index (κ2) is 6.90. The predicted octanol–water partition coefficient (Wildman–Crippen LogP) is 2.39. The van der Waals surface area contributed by atoms with Crippen LogP contribution in [-0.2, 0) is 11.3 Å². The van der Waals surface area contributed by atoms with Crippen molar-refractivity contribution in [1.82, 2.24) is 20.4 Å². The SMILES string of the molecule is O=C1C[C@H](c2ccccc2)N(Cc2nnc(-c3ccco3)o2)CCN1. The molecule has 3 aromatic rings. The van der Waals surface area contributed by atoms with Crippen LogP contribution in [0.2, 0.25) is 0 Å². The van der Waals surface area contributed by atoms with E-state index in [9.17, 15) is 4.79 Å². The third-order valence-corrected chi connectivity index (χ3v) is 4.26. The molecule has 0 bridgehead atoms. The highest BCUT2D eigenvalue weighted by Gasteiger charge is 2.27. The Morgan fingerprint density at radius 3 is 2.84 bits per heavy atom. The Morgan fingerprint density at radius 1 is 1.16 bits per heavy atom. The van der Waals surface area contributed by atoms with E-state index in [2.05, 4.69) is 20.4 Å². The monoisotopic (exact) mass is 338 g/mol. The molecule has 1 fully saturated rings. The van der Waals surface area contributed by atoms with Crippen molar-refractivity contribution in [3.05, 3.63) is 60.2 Å². The summed E-state index contributed by atoms with van der Waals surface area (Å²) in [6, 6.07) is 13.5. The Balaban J connectivity index is 1.57. The van der Waals surface area contributed by atoms with Crippen LogP contribution in [0.15, 0.2) is 57.6 Å². The molecular weight excluding hydrogens is 320 g/mol. The zero-order valence-corrected chi connectivity index (χ0v) is 13.6. The Bertz CT molecular complexity index is 829. The van der Waals surface area contributed by atoms with Crippen LogP contribution >= 0.6 is 0 Å². The number of hydrogen-bond acceptors (Lipinski definition) is 6.